The molecule has 1 aromatic heterocycles. The average molecular weight is 243 g/mol. The first kappa shape index (κ1) is 12.4. The van der Waals surface area contributed by atoms with Gasteiger partial charge >= 0.3 is 0 Å². The van der Waals surface area contributed by atoms with Gasteiger partial charge in [0.05, 0.1) is 7.11 Å². The quantitative estimate of drug-likeness (QED) is 0.894. The van der Waals surface area contributed by atoms with E-state index < -0.39 is 0 Å². The van der Waals surface area contributed by atoms with Gasteiger partial charge in [-0.1, -0.05) is 25.1 Å². The molecule has 94 valence electrons. The number of hydrogen-bond acceptors (Lipinski definition) is 4. The summed E-state index contributed by atoms with van der Waals surface area (Å²) in [5, 5.41) is 0. The van der Waals surface area contributed by atoms with Gasteiger partial charge in [-0.05, 0) is 12.5 Å². The SMILES string of the molecule is CCc1cc(N)nc(Cc2ccccc2OC)n1. The second-order valence-electron chi connectivity index (χ2n) is 4.04. The first-order chi connectivity index (χ1) is 8.72. The maximum atomic E-state index is 5.78. The van der Waals surface area contributed by atoms with E-state index in [4.69, 9.17) is 10.5 Å². The predicted octanol–water partition coefficient (Wildman–Crippen LogP) is 2.22. The summed E-state index contributed by atoms with van der Waals surface area (Å²) >= 11 is 0. The number of aromatic nitrogens is 2. The third-order valence-electron chi connectivity index (χ3n) is 2.75. The molecule has 1 heterocycles. The Morgan fingerprint density at radius 1 is 1.22 bits per heavy atom. The largest absolute Gasteiger partial charge is 0.496 e. The van der Waals surface area contributed by atoms with Crippen molar-refractivity contribution in [3.8, 4) is 5.75 Å². The van der Waals surface area contributed by atoms with Gasteiger partial charge in [0.2, 0.25) is 0 Å². The second-order valence-corrected chi connectivity index (χ2v) is 4.04. The molecule has 0 aliphatic carbocycles. The van der Waals surface area contributed by atoms with Gasteiger partial charge in [0.1, 0.15) is 17.4 Å². The van der Waals surface area contributed by atoms with Crippen molar-refractivity contribution in [1.82, 2.24) is 9.97 Å². The standard InChI is InChI=1S/C14H17N3O/c1-3-11-9-13(15)17-14(16-11)8-10-6-4-5-7-12(10)18-2/h4-7,9H,3,8H2,1-2H3,(H2,15,16,17). The van der Waals surface area contributed by atoms with E-state index in [1.807, 2.05) is 30.3 Å². The summed E-state index contributed by atoms with van der Waals surface area (Å²) in [6.45, 7) is 2.05. The molecule has 0 bridgehead atoms. The molecule has 0 spiro atoms. The lowest BCUT2D eigenvalue weighted by atomic mass is 10.1. The lowest BCUT2D eigenvalue weighted by Gasteiger charge is -2.08. The number of para-hydroxylation sites is 1. The van der Waals surface area contributed by atoms with E-state index in [0.29, 0.717) is 12.2 Å². The van der Waals surface area contributed by atoms with Crippen LogP contribution in [0.25, 0.3) is 0 Å². The molecule has 4 nitrogen and oxygen atoms in total. The van der Waals surface area contributed by atoms with Gasteiger partial charge in [-0.25, -0.2) is 9.97 Å². The summed E-state index contributed by atoms with van der Waals surface area (Å²) in [5.74, 6) is 2.10. The summed E-state index contributed by atoms with van der Waals surface area (Å²) in [6, 6.07) is 9.68. The molecule has 0 radical (unpaired) electrons. The fourth-order valence-electron chi connectivity index (χ4n) is 1.85. The molecule has 2 aromatic rings. The molecule has 0 amide bonds. The molecule has 0 saturated heterocycles. The van der Waals surface area contributed by atoms with Gasteiger partial charge in [0.25, 0.3) is 0 Å². The minimum Gasteiger partial charge on any atom is -0.496 e. The number of nitrogens with zero attached hydrogens (tertiary/aromatic N) is 2. The minimum absolute atomic E-state index is 0.520. The van der Waals surface area contributed by atoms with Crippen molar-refractivity contribution in [2.75, 3.05) is 12.8 Å². The van der Waals surface area contributed by atoms with Crippen LogP contribution in [0, 0.1) is 0 Å². The zero-order valence-corrected chi connectivity index (χ0v) is 10.7. The highest BCUT2D eigenvalue weighted by atomic mass is 16.5. The van der Waals surface area contributed by atoms with E-state index in [1.54, 1.807) is 7.11 Å². The first-order valence-electron chi connectivity index (χ1n) is 5.97. The number of ether oxygens (including phenoxy) is 1. The van der Waals surface area contributed by atoms with Crippen LogP contribution in [-0.4, -0.2) is 17.1 Å². The number of nitrogen functional groups attached to an aromatic ring is 1. The van der Waals surface area contributed by atoms with Crippen LogP contribution in [0.5, 0.6) is 5.75 Å². The summed E-state index contributed by atoms with van der Waals surface area (Å²) in [5.41, 5.74) is 7.80. The molecule has 0 atom stereocenters. The van der Waals surface area contributed by atoms with Gasteiger partial charge in [0.15, 0.2) is 0 Å². The third kappa shape index (κ3) is 2.77. The zero-order valence-electron chi connectivity index (χ0n) is 10.7. The second kappa shape index (κ2) is 5.49. The van der Waals surface area contributed by atoms with E-state index in [0.717, 1.165) is 29.3 Å². The number of benzene rings is 1. The Hall–Kier alpha value is -2.10. The van der Waals surface area contributed by atoms with E-state index in [2.05, 4.69) is 16.9 Å². The molecule has 4 heteroatoms. The third-order valence-corrected chi connectivity index (χ3v) is 2.75. The summed E-state index contributed by atoms with van der Waals surface area (Å²) in [7, 11) is 1.66. The Morgan fingerprint density at radius 3 is 2.72 bits per heavy atom. The Morgan fingerprint density at radius 2 is 2.00 bits per heavy atom. The zero-order chi connectivity index (χ0) is 13.0. The Kier molecular flexibility index (Phi) is 3.77. The number of aryl methyl sites for hydroxylation is 1. The van der Waals surface area contributed by atoms with Crippen molar-refractivity contribution < 1.29 is 4.74 Å². The highest BCUT2D eigenvalue weighted by Crippen LogP contribution is 2.20. The van der Waals surface area contributed by atoms with Crippen LogP contribution >= 0.6 is 0 Å². The fraction of sp³-hybridized carbons (Fsp3) is 0.286. The molecule has 18 heavy (non-hydrogen) atoms. The van der Waals surface area contributed by atoms with Gasteiger partial charge in [0, 0.05) is 23.7 Å². The number of rotatable bonds is 4. The monoisotopic (exact) mass is 243 g/mol. The molecular formula is C14H17N3O. The van der Waals surface area contributed by atoms with E-state index in [9.17, 15) is 0 Å². The maximum Gasteiger partial charge on any atom is 0.135 e. The van der Waals surface area contributed by atoms with Crippen LogP contribution in [0.15, 0.2) is 30.3 Å². The van der Waals surface area contributed by atoms with Gasteiger partial charge in [-0.15, -0.1) is 0 Å². The van der Waals surface area contributed by atoms with Crippen LogP contribution in [0.4, 0.5) is 5.82 Å². The Balaban J connectivity index is 2.30. The number of nitrogens with two attached hydrogens (primary N) is 1. The average Bonchev–Trinajstić information content (AvgIpc) is 2.38. The van der Waals surface area contributed by atoms with Crippen LogP contribution in [0.2, 0.25) is 0 Å². The lowest BCUT2D eigenvalue weighted by Crippen LogP contribution is -2.04. The summed E-state index contributed by atoms with van der Waals surface area (Å²) < 4.78 is 5.32. The molecule has 2 N–H and O–H groups in total. The van der Waals surface area contributed by atoms with E-state index in [-0.39, 0.29) is 0 Å². The molecular weight excluding hydrogens is 226 g/mol. The highest BCUT2D eigenvalue weighted by molar-refractivity contribution is 5.37. The highest BCUT2D eigenvalue weighted by Gasteiger charge is 2.07. The topological polar surface area (TPSA) is 61.0 Å². The van der Waals surface area contributed by atoms with Gasteiger partial charge in [-0.2, -0.15) is 0 Å². The fourth-order valence-corrected chi connectivity index (χ4v) is 1.85. The Bertz CT molecular complexity index is 540. The van der Waals surface area contributed by atoms with Gasteiger partial charge < -0.3 is 10.5 Å². The van der Waals surface area contributed by atoms with Crippen LogP contribution in [0.1, 0.15) is 24.0 Å². The van der Waals surface area contributed by atoms with E-state index in [1.165, 1.54) is 0 Å². The number of hydrogen-bond donors (Lipinski definition) is 1. The van der Waals surface area contributed by atoms with Crippen molar-refractivity contribution in [1.29, 1.82) is 0 Å². The van der Waals surface area contributed by atoms with E-state index >= 15 is 0 Å². The predicted molar refractivity (Wildman–Crippen MR) is 71.6 cm³/mol. The smallest absolute Gasteiger partial charge is 0.135 e. The minimum atomic E-state index is 0.520. The number of methoxy groups -OCH3 is 1. The van der Waals surface area contributed by atoms with Crippen LogP contribution < -0.4 is 10.5 Å². The number of anilines is 1. The maximum absolute atomic E-state index is 5.78. The van der Waals surface area contributed by atoms with Crippen molar-refractivity contribution >= 4 is 5.82 Å². The van der Waals surface area contributed by atoms with Crippen molar-refractivity contribution in [3.63, 3.8) is 0 Å². The normalized spacial score (nSPS) is 10.3. The lowest BCUT2D eigenvalue weighted by molar-refractivity contribution is 0.410. The summed E-state index contributed by atoms with van der Waals surface area (Å²) in [4.78, 5) is 8.74. The van der Waals surface area contributed by atoms with Crippen molar-refractivity contribution in [2.45, 2.75) is 19.8 Å². The molecule has 0 saturated carbocycles. The molecule has 0 aliphatic heterocycles. The van der Waals surface area contributed by atoms with Gasteiger partial charge in [-0.3, -0.25) is 0 Å². The first-order valence-corrected chi connectivity index (χ1v) is 5.97. The van der Waals surface area contributed by atoms with Crippen molar-refractivity contribution in [2.24, 2.45) is 0 Å². The summed E-state index contributed by atoms with van der Waals surface area (Å²) in [6.07, 6.45) is 1.48. The molecule has 1 aromatic carbocycles. The molecule has 0 aliphatic rings. The molecule has 0 fully saturated rings. The Labute approximate surface area is 107 Å². The van der Waals surface area contributed by atoms with Crippen LogP contribution in [-0.2, 0) is 12.8 Å². The molecule has 2 rings (SSSR count). The molecule has 0 unspecified atom stereocenters. The van der Waals surface area contributed by atoms with Crippen molar-refractivity contribution in [3.05, 3.63) is 47.4 Å². The van der Waals surface area contributed by atoms with Crippen LogP contribution in [0.3, 0.4) is 0 Å².